The Morgan fingerprint density at radius 1 is 1.39 bits per heavy atom. The highest BCUT2D eigenvalue weighted by molar-refractivity contribution is 7.71. The van der Waals surface area contributed by atoms with Gasteiger partial charge in [0, 0.05) is 6.54 Å². The Kier molecular flexibility index (Phi) is 3.81. The predicted octanol–water partition coefficient (Wildman–Crippen LogP) is 3.41. The van der Waals surface area contributed by atoms with Gasteiger partial charge in [-0.1, -0.05) is 17.7 Å². The van der Waals surface area contributed by atoms with Crippen LogP contribution in [0, 0.1) is 11.7 Å². The number of aryl methyl sites for hydroxylation is 1. The molecule has 1 atom stereocenters. The summed E-state index contributed by atoms with van der Waals surface area (Å²) in [6.45, 7) is 6.84. The normalized spacial score (nSPS) is 12.4. The molecule has 0 aliphatic heterocycles. The van der Waals surface area contributed by atoms with Crippen LogP contribution in [0.5, 0.6) is 5.75 Å². The average molecular weight is 263 g/mol. The fourth-order valence-electron chi connectivity index (χ4n) is 1.82. The summed E-state index contributed by atoms with van der Waals surface area (Å²) in [5.41, 5.74) is 1.21. The zero-order valence-corrected chi connectivity index (χ0v) is 11.6. The van der Waals surface area contributed by atoms with Crippen molar-refractivity contribution in [2.45, 2.75) is 33.4 Å². The summed E-state index contributed by atoms with van der Waals surface area (Å²) in [7, 11) is 0. The van der Waals surface area contributed by atoms with Gasteiger partial charge >= 0.3 is 0 Å². The topological polar surface area (TPSA) is 42.8 Å². The molecule has 96 valence electrons. The molecule has 0 unspecified atom stereocenters. The van der Waals surface area contributed by atoms with E-state index in [0.717, 1.165) is 18.1 Å². The highest BCUT2D eigenvalue weighted by Crippen LogP contribution is 2.20. The fraction of sp³-hybridized carbons (Fsp3) is 0.385. The number of aromatic nitrogens is 3. The molecule has 0 fully saturated rings. The minimum Gasteiger partial charge on any atom is -0.483 e. The highest BCUT2D eigenvalue weighted by atomic mass is 32.1. The van der Waals surface area contributed by atoms with Gasteiger partial charge in [-0.3, -0.25) is 5.10 Å². The first-order valence-electron chi connectivity index (χ1n) is 6.00. The lowest BCUT2D eigenvalue weighted by Crippen LogP contribution is -2.11. The fourth-order valence-corrected chi connectivity index (χ4v) is 2.09. The average Bonchev–Trinajstić information content (AvgIpc) is 2.73. The molecule has 0 amide bonds. The van der Waals surface area contributed by atoms with Gasteiger partial charge in [-0.2, -0.15) is 5.10 Å². The summed E-state index contributed by atoms with van der Waals surface area (Å²) in [4.78, 5) is 0. The predicted molar refractivity (Wildman–Crippen MR) is 73.3 cm³/mol. The van der Waals surface area contributed by atoms with Crippen LogP contribution in [0.3, 0.4) is 0 Å². The van der Waals surface area contributed by atoms with E-state index in [1.54, 1.807) is 0 Å². The van der Waals surface area contributed by atoms with Crippen LogP contribution in [0.25, 0.3) is 0 Å². The number of H-pyrrole nitrogens is 1. The lowest BCUT2D eigenvalue weighted by atomic mass is 10.2. The molecule has 2 aromatic rings. The summed E-state index contributed by atoms with van der Waals surface area (Å²) in [6, 6.07) is 7.98. The summed E-state index contributed by atoms with van der Waals surface area (Å²) in [5.74, 6) is 1.66. The van der Waals surface area contributed by atoms with Crippen molar-refractivity contribution in [2.75, 3.05) is 0 Å². The Bertz CT molecular complexity index is 571. The van der Waals surface area contributed by atoms with E-state index in [4.69, 9.17) is 17.0 Å². The molecule has 4 nitrogen and oxygen atoms in total. The van der Waals surface area contributed by atoms with Crippen molar-refractivity contribution in [3.8, 4) is 5.75 Å². The number of nitrogens with one attached hydrogen (secondary N) is 1. The van der Waals surface area contributed by atoms with Crippen LogP contribution < -0.4 is 4.74 Å². The van der Waals surface area contributed by atoms with Gasteiger partial charge in [0.25, 0.3) is 0 Å². The maximum absolute atomic E-state index is 5.86. The lowest BCUT2D eigenvalue weighted by Gasteiger charge is -2.14. The van der Waals surface area contributed by atoms with Crippen molar-refractivity contribution in [3.05, 3.63) is 40.4 Å². The molecule has 0 aliphatic carbocycles. The monoisotopic (exact) mass is 263 g/mol. The Hall–Kier alpha value is -1.62. The lowest BCUT2D eigenvalue weighted by molar-refractivity contribution is 0.210. The Balaban J connectivity index is 2.19. The maximum Gasteiger partial charge on any atom is 0.195 e. The Labute approximate surface area is 112 Å². The van der Waals surface area contributed by atoms with E-state index in [-0.39, 0.29) is 6.10 Å². The zero-order chi connectivity index (χ0) is 13.1. The molecule has 0 bridgehead atoms. The first-order chi connectivity index (χ1) is 8.61. The zero-order valence-electron chi connectivity index (χ0n) is 10.8. The Morgan fingerprint density at radius 2 is 2.06 bits per heavy atom. The van der Waals surface area contributed by atoms with Gasteiger partial charge in [-0.15, -0.1) is 0 Å². The summed E-state index contributed by atoms with van der Waals surface area (Å²) >= 11 is 5.16. The molecule has 0 saturated carbocycles. The van der Waals surface area contributed by atoms with Crippen molar-refractivity contribution in [1.29, 1.82) is 0 Å². The smallest absolute Gasteiger partial charge is 0.195 e. The van der Waals surface area contributed by atoms with Gasteiger partial charge in [0.1, 0.15) is 5.75 Å². The van der Waals surface area contributed by atoms with E-state index in [2.05, 4.69) is 17.1 Å². The SMILES string of the molecule is CCn1c([C@@H](C)Oc2ccc(C)cc2)n[nH]c1=S. The first kappa shape index (κ1) is 12.8. The van der Waals surface area contributed by atoms with Gasteiger partial charge in [-0.25, -0.2) is 0 Å². The number of hydrogen-bond acceptors (Lipinski definition) is 3. The van der Waals surface area contributed by atoms with Crippen LogP contribution >= 0.6 is 12.2 Å². The molecular formula is C13H17N3OS. The number of aromatic amines is 1. The van der Waals surface area contributed by atoms with Crippen molar-refractivity contribution in [2.24, 2.45) is 0 Å². The van der Waals surface area contributed by atoms with Crippen LogP contribution in [0.4, 0.5) is 0 Å². The van der Waals surface area contributed by atoms with E-state index in [1.165, 1.54) is 5.56 Å². The van der Waals surface area contributed by atoms with Crippen molar-refractivity contribution < 1.29 is 4.74 Å². The molecule has 1 aromatic heterocycles. The molecule has 0 aliphatic rings. The largest absolute Gasteiger partial charge is 0.483 e. The number of rotatable bonds is 4. The number of benzene rings is 1. The Morgan fingerprint density at radius 3 is 2.67 bits per heavy atom. The second-order valence-electron chi connectivity index (χ2n) is 4.20. The molecule has 0 saturated heterocycles. The second kappa shape index (κ2) is 5.35. The quantitative estimate of drug-likeness (QED) is 0.860. The number of ether oxygens (including phenoxy) is 1. The molecular weight excluding hydrogens is 246 g/mol. The van der Waals surface area contributed by atoms with Crippen LogP contribution in [0.2, 0.25) is 0 Å². The number of nitrogens with zero attached hydrogens (tertiary/aromatic N) is 2. The highest BCUT2D eigenvalue weighted by Gasteiger charge is 2.14. The van der Waals surface area contributed by atoms with Crippen LogP contribution in [-0.4, -0.2) is 14.8 Å². The first-order valence-corrected chi connectivity index (χ1v) is 6.41. The molecule has 0 radical (unpaired) electrons. The molecule has 1 heterocycles. The summed E-state index contributed by atoms with van der Waals surface area (Å²) in [6.07, 6.45) is -0.138. The number of hydrogen-bond donors (Lipinski definition) is 1. The molecule has 2 rings (SSSR count). The summed E-state index contributed by atoms with van der Waals surface area (Å²) < 4.78 is 8.43. The molecule has 0 spiro atoms. The third-order valence-electron chi connectivity index (χ3n) is 2.80. The third-order valence-corrected chi connectivity index (χ3v) is 3.11. The molecule has 1 N–H and O–H groups in total. The van der Waals surface area contributed by atoms with Gasteiger partial charge in [0.15, 0.2) is 16.7 Å². The standard InChI is InChI=1S/C13H17N3OS/c1-4-16-12(14-15-13(16)18)10(3)17-11-7-5-9(2)6-8-11/h5-8,10H,4H2,1-3H3,(H,15,18)/t10-/m1/s1. The van der Waals surface area contributed by atoms with Gasteiger partial charge in [0.05, 0.1) is 0 Å². The van der Waals surface area contributed by atoms with E-state index >= 15 is 0 Å². The van der Waals surface area contributed by atoms with Crippen molar-refractivity contribution in [1.82, 2.24) is 14.8 Å². The van der Waals surface area contributed by atoms with Gasteiger partial charge in [-0.05, 0) is 45.1 Å². The van der Waals surface area contributed by atoms with Crippen LogP contribution in [-0.2, 0) is 6.54 Å². The summed E-state index contributed by atoms with van der Waals surface area (Å²) in [5, 5.41) is 7.02. The molecule has 18 heavy (non-hydrogen) atoms. The van der Waals surface area contributed by atoms with E-state index in [9.17, 15) is 0 Å². The minimum atomic E-state index is -0.138. The minimum absolute atomic E-state index is 0.138. The van der Waals surface area contributed by atoms with Gasteiger partial charge in [0.2, 0.25) is 0 Å². The molecule has 5 heteroatoms. The maximum atomic E-state index is 5.86. The van der Waals surface area contributed by atoms with Crippen LogP contribution in [0.1, 0.15) is 31.3 Å². The third kappa shape index (κ3) is 2.61. The second-order valence-corrected chi connectivity index (χ2v) is 4.59. The van der Waals surface area contributed by atoms with Crippen LogP contribution in [0.15, 0.2) is 24.3 Å². The van der Waals surface area contributed by atoms with Gasteiger partial charge < -0.3 is 9.30 Å². The van der Waals surface area contributed by atoms with E-state index in [0.29, 0.717) is 4.77 Å². The van der Waals surface area contributed by atoms with Crippen molar-refractivity contribution >= 4 is 12.2 Å². The van der Waals surface area contributed by atoms with E-state index < -0.39 is 0 Å². The van der Waals surface area contributed by atoms with E-state index in [1.807, 2.05) is 42.7 Å². The molecule has 1 aromatic carbocycles. The van der Waals surface area contributed by atoms with Crippen molar-refractivity contribution in [3.63, 3.8) is 0 Å².